The number of anilines is 1. The fourth-order valence-electron chi connectivity index (χ4n) is 1.62. The number of esters is 1. The molecule has 0 saturated carbocycles. The Labute approximate surface area is 118 Å². The third-order valence-electron chi connectivity index (χ3n) is 2.49. The molecule has 0 bridgehead atoms. The summed E-state index contributed by atoms with van der Waals surface area (Å²) in [6, 6.07) is 4.88. The topological polar surface area (TPSA) is 90.7 Å². The second-order valence-electron chi connectivity index (χ2n) is 4.00. The molecule has 6 heteroatoms. The number of hydrogen-bond donors (Lipinski definition) is 2. The summed E-state index contributed by atoms with van der Waals surface area (Å²) in [6.07, 6.45) is 0.131. The van der Waals surface area contributed by atoms with Gasteiger partial charge in [-0.25, -0.2) is 4.79 Å². The van der Waals surface area contributed by atoms with Crippen LogP contribution in [-0.2, 0) is 9.53 Å². The van der Waals surface area contributed by atoms with Crippen LogP contribution in [0.15, 0.2) is 18.2 Å². The fraction of sp³-hybridized carbons (Fsp3) is 0.429. The van der Waals surface area contributed by atoms with Gasteiger partial charge in [0.05, 0.1) is 18.7 Å². The first kappa shape index (κ1) is 15.8. The summed E-state index contributed by atoms with van der Waals surface area (Å²) in [5.41, 5.74) is 6.41. The molecule has 0 saturated heterocycles. The van der Waals surface area contributed by atoms with Gasteiger partial charge in [-0.05, 0) is 26.0 Å². The van der Waals surface area contributed by atoms with E-state index >= 15 is 0 Å². The summed E-state index contributed by atoms with van der Waals surface area (Å²) >= 11 is 0. The molecule has 0 aromatic heterocycles. The second kappa shape index (κ2) is 8.04. The van der Waals surface area contributed by atoms with Gasteiger partial charge in [0.1, 0.15) is 12.2 Å². The lowest BCUT2D eigenvalue weighted by Gasteiger charge is -2.12. The fourth-order valence-corrected chi connectivity index (χ4v) is 1.62. The number of carbonyl (C=O) groups is 2. The maximum Gasteiger partial charge on any atom is 0.342 e. The standard InChI is InChI=1S/C14H20N2O4/c1-3-16-12(17)8-9-20-14(18)10-6-5-7-11(15)13(10)19-4-2/h5-7H,3-4,8-9,15H2,1-2H3,(H,16,17). The number of benzene rings is 1. The largest absolute Gasteiger partial charge is 0.491 e. The van der Waals surface area contributed by atoms with Crippen LogP contribution >= 0.6 is 0 Å². The first-order valence-corrected chi connectivity index (χ1v) is 6.55. The first-order valence-electron chi connectivity index (χ1n) is 6.55. The van der Waals surface area contributed by atoms with E-state index in [0.717, 1.165) is 0 Å². The molecule has 1 rings (SSSR count). The number of nitrogens with one attached hydrogen (secondary N) is 1. The van der Waals surface area contributed by atoms with E-state index in [4.69, 9.17) is 15.2 Å². The van der Waals surface area contributed by atoms with Gasteiger partial charge in [-0.2, -0.15) is 0 Å². The van der Waals surface area contributed by atoms with Gasteiger partial charge in [-0.1, -0.05) is 6.07 Å². The van der Waals surface area contributed by atoms with Gasteiger partial charge in [0.15, 0.2) is 5.75 Å². The number of amides is 1. The molecule has 1 amide bonds. The SMILES string of the molecule is CCNC(=O)CCOC(=O)c1cccc(N)c1OCC. The zero-order valence-corrected chi connectivity index (χ0v) is 11.8. The average Bonchev–Trinajstić information content (AvgIpc) is 2.41. The van der Waals surface area contributed by atoms with E-state index in [1.807, 2.05) is 6.92 Å². The van der Waals surface area contributed by atoms with E-state index in [1.54, 1.807) is 25.1 Å². The van der Waals surface area contributed by atoms with Gasteiger partial charge in [0, 0.05) is 6.54 Å². The van der Waals surface area contributed by atoms with E-state index in [-0.39, 0.29) is 24.5 Å². The van der Waals surface area contributed by atoms with Gasteiger partial charge in [-0.3, -0.25) is 4.79 Å². The van der Waals surface area contributed by atoms with E-state index in [1.165, 1.54) is 0 Å². The lowest BCUT2D eigenvalue weighted by Crippen LogP contribution is -2.24. The van der Waals surface area contributed by atoms with Crippen LogP contribution in [0.25, 0.3) is 0 Å². The molecule has 0 radical (unpaired) electrons. The number of carbonyl (C=O) groups excluding carboxylic acids is 2. The summed E-state index contributed by atoms with van der Waals surface area (Å²) < 4.78 is 10.4. The summed E-state index contributed by atoms with van der Waals surface area (Å²) in [6.45, 7) is 4.59. The van der Waals surface area contributed by atoms with Gasteiger partial charge < -0.3 is 20.5 Å². The Hall–Kier alpha value is -2.24. The highest BCUT2D eigenvalue weighted by molar-refractivity contribution is 5.94. The number of nitrogens with two attached hydrogens (primary N) is 1. The van der Waals surface area contributed by atoms with Crippen molar-refractivity contribution in [2.45, 2.75) is 20.3 Å². The van der Waals surface area contributed by atoms with Crippen molar-refractivity contribution in [3.8, 4) is 5.75 Å². The van der Waals surface area contributed by atoms with Crippen molar-refractivity contribution in [3.63, 3.8) is 0 Å². The van der Waals surface area contributed by atoms with Crippen LogP contribution in [0.4, 0.5) is 5.69 Å². The Morgan fingerprint density at radius 1 is 1.30 bits per heavy atom. The molecule has 0 aliphatic heterocycles. The van der Waals surface area contributed by atoms with E-state index < -0.39 is 5.97 Å². The Balaban J connectivity index is 2.63. The van der Waals surface area contributed by atoms with Gasteiger partial charge in [0.25, 0.3) is 0 Å². The zero-order valence-electron chi connectivity index (χ0n) is 11.8. The van der Waals surface area contributed by atoms with Gasteiger partial charge in [0.2, 0.25) is 5.91 Å². The zero-order chi connectivity index (χ0) is 15.0. The maximum absolute atomic E-state index is 11.9. The van der Waals surface area contributed by atoms with Crippen LogP contribution in [-0.4, -0.2) is 31.6 Å². The minimum atomic E-state index is -0.551. The normalized spacial score (nSPS) is 9.90. The number of ether oxygens (including phenoxy) is 2. The molecule has 3 N–H and O–H groups in total. The quantitative estimate of drug-likeness (QED) is 0.581. The van der Waals surface area contributed by atoms with Crippen LogP contribution in [0.2, 0.25) is 0 Å². The monoisotopic (exact) mass is 280 g/mol. The van der Waals surface area contributed by atoms with Gasteiger partial charge in [-0.15, -0.1) is 0 Å². The van der Waals surface area contributed by atoms with Crippen molar-refractivity contribution in [1.29, 1.82) is 0 Å². The van der Waals surface area contributed by atoms with Crippen molar-refractivity contribution in [1.82, 2.24) is 5.32 Å². The molecule has 6 nitrogen and oxygen atoms in total. The predicted molar refractivity (Wildman–Crippen MR) is 75.6 cm³/mol. The molecular formula is C14H20N2O4. The minimum absolute atomic E-state index is 0.0189. The third kappa shape index (κ3) is 4.46. The van der Waals surface area contributed by atoms with Crippen LogP contribution < -0.4 is 15.8 Å². The molecule has 0 atom stereocenters. The van der Waals surface area contributed by atoms with E-state index in [9.17, 15) is 9.59 Å². The molecule has 0 heterocycles. The summed E-state index contributed by atoms with van der Waals surface area (Å²) in [7, 11) is 0. The molecule has 0 aliphatic carbocycles. The molecule has 1 aromatic carbocycles. The smallest absolute Gasteiger partial charge is 0.342 e. The van der Waals surface area contributed by atoms with Crippen molar-refractivity contribution in [2.24, 2.45) is 0 Å². The summed E-state index contributed by atoms with van der Waals surface area (Å²) in [4.78, 5) is 23.2. The van der Waals surface area contributed by atoms with Crippen molar-refractivity contribution in [3.05, 3.63) is 23.8 Å². The molecule has 0 spiro atoms. The van der Waals surface area contributed by atoms with E-state index in [0.29, 0.717) is 24.6 Å². The first-order chi connectivity index (χ1) is 9.60. The molecule has 0 unspecified atom stereocenters. The van der Waals surface area contributed by atoms with Gasteiger partial charge >= 0.3 is 5.97 Å². The van der Waals surface area contributed by atoms with Crippen molar-refractivity contribution < 1.29 is 19.1 Å². The lowest BCUT2D eigenvalue weighted by atomic mass is 10.1. The Morgan fingerprint density at radius 2 is 2.05 bits per heavy atom. The second-order valence-corrected chi connectivity index (χ2v) is 4.00. The highest BCUT2D eigenvalue weighted by Crippen LogP contribution is 2.26. The van der Waals surface area contributed by atoms with Crippen molar-refractivity contribution in [2.75, 3.05) is 25.5 Å². The number of nitrogen functional groups attached to an aromatic ring is 1. The minimum Gasteiger partial charge on any atom is -0.491 e. The Morgan fingerprint density at radius 3 is 2.70 bits per heavy atom. The molecule has 0 fully saturated rings. The maximum atomic E-state index is 11.9. The highest BCUT2D eigenvalue weighted by atomic mass is 16.5. The molecule has 0 aliphatic rings. The van der Waals surface area contributed by atoms with Crippen LogP contribution in [0.3, 0.4) is 0 Å². The van der Waals surface area contributed by atoms with Crippen LogP contribution in [0.1, 0.15) is 30.6 Å². The molecule has 1 aromatic rings. The Bertz CT molecular complexity index is 474. The highest BCUT2D eigenvalue weighted by Gasteiger charge is 2.16. The summed E-state index contributed by atoms with van der Waals surface area (Å²) in [5, 5.41) is 2.62. The molecular weight excluding hydrogens is 260 g/mol. The third-order valence-corrected chi connectivity index (χ3v) is 2.49. The Kier molecular flexibility index (Phi) is 6.36. The average molecular weight is 280 g/mol. The van der Waals surface area contributed by atoms with Crippen LogP contribution in [0, 0.1) is 0 Å². The van der Waals surface area contributed by atoms with Crippen molar-refractivity contribution >= 4 is 17.6 Å². The number of rotatable bonds is 7. The predicted octanol–water partition coefficient (Wildman–Crippen LogP) is 1.35. The number of para-hydroxylation sites is 1. The lowest BCUT2D eigenvalue weighted by molar-refractivity contribution is -0.121. The van der Waals surface area contributed by atoms with E-state index in [2.05, 4.69) is 5.32 Å². The van der Waals surface area contributed by atoms with Crippen LogP contribution in [0.5, 0.6) is 5.75 Å². The molecule has 20 heavy (non-hydrogen) atoms. The summed E-state index contributed by atoms with van der Waals surface area (Å²) in [5.74, 6) is -0.388. The molecule has 110 valence electrons. The number of hydrogen-bond acceptors (Lipinski definition) is 5.